The van der Waals surface area contributed by atoms with Gasteiger partial charge in [0.15, 0.2) is 5.11 Å². The Morgan fingerprint density at radius 1 is 1.04 bits per heavy atom. The third kappa shape index (κ3) is 8.25. The monoisotopic (exact) mass is 438 g/mol. The van der Waals surface area contributed by atoms with Crippen LogP contribution in [0.15, 0.2) is 48.5 Å². The molecule has 0 saturated heterocycles. The van der Waals surface area contributed by atoms with E-state index in [0.717, 1.165) is 12.8 Å². The second-order valence-electron chi connectivity index (χ2n) is 5.94. The number of carbonyl (C=O) groups excluding carboxylic acids is 2. The third-order valence-electron chi connectivity index (χ3n) is 3.70. The minimum Gasteiger partial charge on any atom is -0.466 e. The number of nitrogens with one attached hydrogen (secondary N) is 2. The van der Waals surface area contributed by atoms with Gasteiger partial charge in [0.2, 0.25) is 5.91 Å². The highest BCUT2D eigenvalue weighted by molar-refractivity contribution is 7.80. The summed E-state index contributed by atoms with van der Waals surface area (Å²) in [5.41, 5.74) is 1.72. The van der Waals surface area contributed by atoms with E-state index < -0.39 is 5.97 Å². The van der Waals surface area contributed by atoms with Crippen molar-refractivity contribution in [3.8, 4) is 0 Å². The van der Waals surface area contributed by atoms with Crippen LogP contribution >= 0.6 is 35.4 Å². The van der Waals surface area contributed by atoms with E-state index in [1.54, 1.807) is 18.2 Å². The molecule has 5 nitrogen and oxygen atoms in total. The Bertz CT molecular complexity index is 831. The van der Waals surface area contributed by atoms with E-state index in [4.69, 9.17) is 40.2 Å². The zero-order chi connectivity index (χ0) is 20.4. The molecule has 0 atom stereocenters. The van der Waals surface area contributed by atoms with E-state index in [1.807, 2.05) is 30.3 Å². The Balaban J connectivity index is 1.61. The highest BCUT2D eigenvalue weighted by atomic mass is 35.5. The molecule has 0 aliphatic heterocycles. The van der Waals surface area contributed by atoms with E-state index >= 15 is 0 Å². The standard InChI is InChI=1S/C20H20Cl2N2O3S/c21-15-8-9-17(16(22)13-15)23-20(28)24-18(25)10-11-19(26)27-12-4-7-14-5-2-1-3-6-14/h1-3,5-6,8-9,13H,4,7,10-12H2,(H2,23,24,25,28). The molecule has 2 rings (SSSR count). The summed E-state index contributed by atoms with van der Waals surface area (Å²) in [4.78, 5) is 23.6. The molecule has 0 unspecified atom stereocenters. The Labute approximate surface area is 179 Å². The number of ether oxygens (including phenoxy) is 1. The van der Waals surface area contributed by atoms with Crippen LogP contribution in [0.4, 0.5) is 5.69 Å². The van der Waals surface area contributed by atoms with Crippen LogP contribution in [-0.2, 0) is 20.7 Å². The highest BCUT2D eigenvalue weighted by Crippen LogP contribution is 2.25. The first-order valence-corrected chi connectivity index (χ1v) is 9.86. The van der Waals surface area contributed by atoms with Gasteiger partial charge < -0.3 is 15.4 Å². The van der Waals surface area contributed by atoms with Gasteiger partial charge in [0.05, 0.1) is 23.7 Å². The molecule has 2 aromatic carbocycles. The van der Waals surface area contributed by atoms with E-state index in [1.165, 1.54) is 5.56 Å². The topological polar surface area (TPSA) is 67.4 Å². The van der Waals surface area contributed by atoms with Crippen molar-refractivity contribution >= 4 is 58.1 Å². The normalized spacial score (nSPS) is 10.2. The number of aryl methyl sites for hydroxylation is 1. The lowest BCUT2D eigenvalue weighted by Crippen LogP contribution is -2.34. The molecule has 1 amide bonds. The van der Waals surface area contributed by atoms with E-state index in [2.05, 4.69) is 10.6 Å². The first-order chi connectivity index (χ1) is 13.4. The highest BCUT2D eigenvalue weighted by Gasteiger charge is 2.10. The average molecular weight is 439 g/mol. The molecular formula is C20H20Cl2N2O3S. The summed E-state index contributed by atoms with van der Waals surface area (Å²) in [6.45, 7) is 0.324. The maximum atomic E-state index is 11.9. The maximum Gasteiger partial charge on any atom is 0.306 e. The average Bonchev–Trinajstić information content (AvgIpc) is 2.66. The summed E-state index contributed by atoms with van der Waals surface area (Å²) in [7, 11) is 0. The zero-order valence-corrected chi connectivity index (χ0v) is 17.4. The summed E-state index contributed by atoms with van der Waals surface area (Å²) >= 11 is 16.9. The fourth-order valence-electron chi connectivity index (χ4n) is 2.33. The Kier molecular flexibility index (Phi) is 9.20. The van der Waals surface area contributed by atoms with Crippen LogP contribution in [0.25, 0.3) is 0 Å². The molecule has 0 aliphatic rings. The molecule has 0 radical (unpaired) electrons. The minimum atomic E-state index is -0.414. The lowest BCUT2D eigenvalue weighted by molar-refractivity contribution is -0.145. The van der Waals surface area contributed by atoms with Crippen molar-refractivity contribution in [1.82, 2.24) is 5.32 Å². The van der Waals surface area contributed by atoms with E-state index in [-0.39, 0.29) is 23.9 Å². The molecule has 0 bridgehead atoms. The smallest absolute Gasteiger partial charge is 0.306 e. The molecule has 0 aliphatic carbocycles. The molecule has 0 spiro atoms. The zero-order valence-electron chi connectivity index (χ0n) is 15.0. The summed E-state index contributed by atoms with van der Waals surface area (Å²) in [5, 5.41) is 6.26. The first-order valence-electron chi connectivity index (χ1n) is 8.69. The van der Waals surface area contributed by atoms with Crippen LogP contribution in [0, 0.1) is 0 Å². The molecule has 8 heteroatoms. The van der Waals surface area contributed by atoms with Gasteiger partial charge in [-0.25, -0.2) is 0 Å². The minimum absolute atomic E-state index is 0.0124. The number of thiocarbonyl (C=S) groups is 1. The van der Waals surface area contributed by atoms with Crippen LogP contribution < -0.4 is 10.6 Å². The molecule has 0 heterocycles. The SMILES string of the molecule is O=C(CCC(=O)OCCCc1ccccc1)NC(=S)Nc1ccc(Cl)cc1Cl. The van der Waals surface area contributed by atoms with Gasteiger partial charge in [0, 0.05) is 11.4 Å². The number of benzene rings is 2. The van der Waals surface area contributed by atoms with Gasteiger partial charge in [-0.3, -0.25) is 9.59 Å². The van der Waals surface area contributed by atoms with Gasteiger partial charge in [-0.1, -0.05) is 53.5 Å². The number of carbonyl (C=O) groups is 2. The van der Waals surface area contributed by atoms with Crippen molar-refractivity contribution in [2.75, 3.05) is 11.9 Å². The lowest BCUT2D eigenvalue weighted by Gasteiger charge is -2.11. The number of anilines is 1. The quantitative estimate of drug-likeness (QED) is 0.353. The summed E-state index contributed by atoms with van der Waals surface area (Å²) in [6.07, 6.45) is 1.54. The molecule has 148 valence electrons. The number of hydrogen-bond donors (Lipinski definition) is 2. The molecule has 0 fully saturated rings. The van der Waals surface area contributed by atoms with Gasteiger partial charge in [-0.05, 0) is 48.8 Å². The molecule has 2 N–H and O–H groups in total. The second kappa shape index (κ2) is 11.6. The van der Waals surface area contributed by atoms with Crippen LogP contribution in [-0.4, -0.2) is 23.6 Å². The predicted octanol–water partition coefficient (Wildman–Crippen LogP) is 4.76. The summed E-state index contributed by atoms with van der Waals surface area (Å²) in [6, 6.07) is 14.8. The molecular weight excluding hydrogens is 419 g/mol. The van der Waals surface area contributed by atoms with Gasteiger partial charge >= 0.3 is 5.97 Å². The summed E-state index contributed by atoms with van der Waals surface area (Å²) in [5.74, 6) is -0.799. The first kappa shape index (κ1) is 22.1. The number of esters is 1. The van der Waals surface area contributed by atoms with Gasteiger partial charge in [0.25, 0.3) is 0 Å². The number of halogens is 2. The molecule has 0 aromatic heterocycles. The van der Waals surface area contributed by atoms with Crippen molar-refractivity contribution in [3.63, 3.8) is 0 Å². The van der Waals surface area contributed by atoms with Crippen LogP contribution in [0.5, 0.6) is 0 Å². The van der Waals surface area contributed by atoms with Crippen molar-refractivity contribution in [3.05, 3.63) is 64.1 Å². The second-order valence-corrected chi connectivity index (χ2v) is 7.19. The van der Waals surface area contributed by atoms with Crippen molar-refractivity contribution in [2.24, 2.45) is 0 Å². The number of hydrogen-bond acceptors (Lipinski definition) is 4. The largest absolute Gasteiger partial charge is 0.466 e. The van der Waals surface area contributed by atoms with Crippen LogP contribution in [0.1, 0.15) is 24.8 Å². The Morgan fingerprint density at radius 3 is 2.50 bits per heavy atom. The van der Waals surface area contributed by atoms with Crippen LogP contribution in [0.2, 0.25) is 10.0 Å². The molecule has 28 heavy (non-hydrogen) atoms. The third-order valence-corrected chi connectivity index (χ3v) is 4.46. The molecule has 2 aromatic rings. The lowest BCUT2D eigenvalue weighted by atomic mass is 10.1. The van der Waals surface area contributed by atoms with Gasteiger partial charge in [-0.15, -0.1) is 0 Å². The fraction of sp³-hybridized carbons (Fsp3) is 0.250. The van der Waals surface area contributed by atoms with Crippen molar-refractivity contribution in [1.29, 1.82) is 0 Å². The Morgan fingerprint density at radius 2 is 1.79 bits per heavy atom. The number of amides is 1. The molecule has 0 saturated carbocycles. The van der Waals surface area contributed by atoms with Crippen molar-refractivity contribution < 1.29 is 14.3 Å². The van der Waals surface area contributed by atoms with Gasteiger partial charge in [0.1, 0.15) is 0 Å². The van der Waals surface area contributed by atoms with Crippen LogP contribution in [0.3, 0.4) is 0 Å². The van der Waals surface area contributed by atoms with E-state index in [9.17, 15) is 9.59 Å². The summed E-state index contributed by atoms with van der Waals surface area (Å²) < 4.78 is 5.14. The van der Waals surface area contributed by atoms with E-state index in [0.29, 0.717) is 22.3 Å². The number of rotatable bonds is 8. The fourth-order valence-corrected chi connectivity index (χ4v) is 3.01. The predicted molar refractivity (Wildman–Crippen MR) is 116 cm³/mol. The maximum absolute atomic E-state index is 11.9. The Hall–Kier alpha value is -2.15. The van der Waals surface area contributed by atoms with Gasteiger partial charge in [-0.2, -0.15) is 0 Å². The van der Waals surface area contributed by atoms with Crippen molar-refractivity contribution in [2.45, 2.75) is 25.7 Å².